The van der Waals surface area contributed by atoms with Gasteiger partial charge in [-0.3, -0.25) is 0 Å². The summed E-state index contributed by atoms with van der Waals surface area (Å²) in [6.45, 7) is 4.48. The Labute approximate surface area is 110 Å². The standard InChI is InChI=1S/C16H24O2/c1-11-8-12(2)10-14(9-11)16(18)15(17)13-6-4-3-5-7-13/h3-7,11-12,14-18H,8-10H2,1-2H3. The fraction of sp³-hybridized carbons (Fsp3) is 0.625. The molecule has 1 aliphatic rings. The largest absolute Gasteiger partial charge is 0.390 e. The van der Waals surface area contributed by atoms with Crippen molar-refractivity contribution in [1.82, 2.24) is 0 Å². The summed E-state index contributed by atoms with van der Waals surface area (Å²) in [5.74, 6) is 1.52. The number of rotatable bonds is 3. The molecule has 2 rings (SSSR count). The second kappa shape index (κ2) is 5.85. The normalized spacial score (nSPS) is 31.9. The summed E-state index contributed by atoms with van der Waals surface area (Å²) in [7, 11) is 0. The Kier molecular flexibility index (Phi) is 4.41. The summed E-state index contributed by atoms with van der Waals surface area (Å²) in [6, 6.07) is 9.48. The highest BCUT2D eigenvalue weighted by atomic mass is 16.3. The molecule has 1 aromatic carbocycles. The van der Waals surface area contributed by atoms with Crippen LogP contribution in [0.3, 0.4) is 0 Å². The lowest BCUT2D eigenvalue weighted by Gasteiger charge is -2.36. The maximum Gasteiger partial charge on any atom is 0.105 e. The summed E-state index contributed by atoms with van der Waals surface area (Å²) in [5.41, 5.74) is 0.816. The zero-order chi connectivity index (χ0) is 13.1. The highest BCUT2D eigenvalue weighted by Crippen LogP contribution is 2.37. The molecule has 0 aromatic heterocycles. The maximum atomic E-state index is 10.4. The highest BCUT2D eigenvalue weighted by molar-refractivity contribution is 5.18. The first kappa shape index (κ1) is 13.6. The molecule has 4 atom stereocenters. The van der Waals surface area contributed by atoms with Gasteiger partial charge >= 0.3 is 0 Å². The molecule has 0 bridgehead atoms. The topological polar surface area (TPSA) is 40.5 Å². The Morgan fingerprint density at radius 3 is 2.06 bits per heavy atom. The van der Waals surface area contributed by atoms with E-state index < -0.39 is 12.2 Å². The minimum Gasteiger partial charge on any atom is -0.390 e. The molecule has 2 heteroatoms. The zero-order valence-electron chi connectivity index (χ0n) is 11.3. The van der Waals surface area contributed by atoms with Crippen LogP contribution in [0.4, 0.5) is 0 Å². The van der Waals surface area contributed by atoms with Gasteiger partial charge in [-0.1, -0.05) is 44.2 Å². The van der Waals surface area contributed by atoms with Gasteiger partial charge in [-0.2, -0.15) is 0 Å². The molecule has 4 unspecified atom stereocenters. The van der Waals surface area contributed by atoms with Crippen molar-refractivity contribution in [1.29, 1.82) is 0 Å². The first-order valence-corrected chi connectivity index (χ1v) is 6.99. The van der Waals surface area contributed by atoms with E-state index in [4.69, 9.17) is 0 Å². The van der Waals surface area contributed by atoms with E-state index in [9.17, 15) is 10.2 Å². The fourth-order valence-electron chi connectivity index (χ4n) is 3.39. The average molecular weight is 248 g/mol. The average Bonchev–Trinajstić information content (AvgIpc) is 2.37. The fourth-order valence-corrected chi connectivity index (χ4v) is 3.39. The molecule has 0 radical (unpaired) electrons. The Morgan fingerprint density at radius 2 is 1.50 bits per heavy atom. The predicted molar refractivity (Wildman–Crippen MR) is 73.1 cm³/mol. The Morgan fingerprint density at radius 1 is 0.944 bits per heavy atom. The van der Waals surface area contributed by atoms with Crippen LogP contribution >= 0.6 is 0 Å². The molecule has 2 N–H and O–H groups in total. The molecular weight excluding hydrogens is 224 g/mol. The van der Waals surface area contributed by atoms with Crippen molar-refractivity contribution in [3.05, 3.63) is 35.9 Å². The van der Waals surface area contributed by atoms with Gasteiger partial charge in [0.05, 0.1) is 6.10 Å². The Bertz CT molecular complexity index is 353. The van der Waals surface area contributed by atoms with E-state index in [2.05, 4.69) is 13.8 Å². The highest BCUT2D eigenvalue weighted by Gasteiger charge is 2.33. The van der Waals surface area contributed by atoms with Crippen LogP contribution in [0.1, 0.15) is 44.8 Å². The molecule has 1 aromatic rings. The molecule has 1 aliphatic carbocycles. The lowest BCUT2D eigenvalue weighted by Crippen LogP contribution is -2.33. The van der Waals surface area contributed by atoms with Crippen LogP contribution in [-0.2, 0) is 0 Å². The molecule has 18 heavy (non-hydrogen) atoms. The summed E-state index contributed by atoms with van der Waals surface area (Å²) in [4.78, 5) is 0. The number of hydrogen-bond donors (Lipinski definition) is 2. The monoisotopic (exact) mass is 248 g/mol. The lowest BCUT2D eigenvalue weighted by atomic mass is 9.73. The number of aliphatic hydroxyl groups is 2. The van der Waals surface area contributed by atoms with E-state index in [-0.39, 0.29) is 5.92 Å². The molecule has 0 heterocycles. The molecule has 100 valence electrons. The molecule has 2 nitrogen and oxygen atoms in total. The summed E-state index contributed by atoms with van der Waals surface area (Å²) in [5, 5.41) is 20.6. The van der Waals surface area contributed by atoms with E-state index in [1.807, 2.05) is 30.3 Å². The third-order valence-electron chi connectivity index (χ3n) is 4.16. The minimum atomic E-state index is -0.756. The number of benzene rings is 1. The zero-order valence-corrected chi connectivity index (χ0v) is 11.3. The van der Waals surface area contributed by atoms with E-state index in [1.54, 1.807) is 0 Å². The van der Waals surface area contributed by atoms with Crippen LogP contribution in [0.25, 0.3) is 0 Å². The van der Waals surface area contributed by atoms with Gasteiger partial charge in [0.15, 0.2) is 0 Å². The Balaban J connectivity index is 2.04. The van der Waals surface area contributed by atoms with Gasteiger partial charge in [0.25, 0.3) is 0 Å². The van der Waals surface area contributed by atoms with Crippen molar-refractivity contribution in [2.75, 3.05) is 0 Å². The van der Waals surface area contributed by atoms with Crippen LogP contribution < -0.4 is 0 Å². The number of hydrogen-bond acceptors (Lipinski definition) is 2. The van der Waals surface area contributed by atoms with Crippen LogP contribution in [0, 0.1) is 17.8 Å². The summed E-state index contributed by atoms with van der Waals surface area (Å²) >= 11 is 0. The smallest absolute Gasteiger partial charge is 0.105 e. The number of aliphatic hydroxyl groups excluding tert-OH is 2. The van der Waals surface area contributed by atoms with Crippen LogP contribution in [0.5, 0.6) is 0 Å². The van der Waals surface area contributed by atoms with E-state index in [0.29, 0.717) is 11.8 Å². The van der Waals surface area contributed by atoms with Crippen LogP contribution in [0.15, 0.2) is 30.3 Å². The third-order valence-corrected chi connectivity index (χ3v) is 4.16. The van der Waals surface area contributed by atoms with Crippen molar-refractivity contribution >= 4 is 0 Å². The van der Waals surface area contributed by atoms with Gasteiger partial charge in [-0.25, -0.2) is 0 Å². The molecule has 0 saturated heterocycles. The van der Waals surface area contributed by atoms with Crippen LogP contribution in [0.2, 0.25) is 0 Å². The third kappa shape index (κ3) is 3.12. The van der Waals surface area contributed by atoms with E-state index >= 15 is 0 Å². The first-order valence-electron chi connectivity index (χ1n) is 6.99. The minimum absolute atomic E-state index is 0.221. The SMILES string of the molecule is CC1CC(C)CC(C(O)C(O)c2ccccc2)C1. The van der Waals surface area contributed by atoms with Crippen molar-refractivity contribution < 1.29 is 10.2 Å². The molecule has 1 saturated carbocycles. The van der Waals surface area contributed by atoms with E-state index in [0.717, 1.165) is 18.4 Å². The van der Waals surface area contributed by atoms with Crippen molar-refractivity contribution in [3.63, 3.8) is 0 Å². The maximum absolute atomic E-state index is 10.4. The summed E-state index contributed by atoms with van der Waals surface area (Å²) in [6.07, 6.45) is 1.89. The van der Waals surface area contributed by atoms with Gasteiger partial charge in [-0.05, 0) is 42.6 Å². The second-order valence-corrected chi connectivity index (χ2v) is 6.02. The molecule has 0 amide bonds. The molecule has 1 fully saturated rings. The second-order valence-electron chi connectivity index (χ2n) is 6.02. The van der Waals surface area contributed by atoms with Gasteiger partial charge in [-0.15, -0.1) is 0 Å². The first-order chi connectivity index (χ1) is 8.58. The van der Waals surface area contributed by atoms with Crippen molar-refractivity contribution in [3.8, 4) is 0 Å². The molecular formula is C16H24O2. The predicted octanol–water partition coefficient (Wildman–Crippen LogP) is 3.15. The van der Waals surface area contributed by atoms with Gasteiger partial charge in [0.2, 0.25) is 0 Å². The summed E-state index contributed by atoms with van der Waals surface area (Å²) < 4.78 is 0. The van der Waals surface area contributed by atoms with Crippen molar-refractivity contribution in [2.45, 2.75) is 45.3 Å². The molecule has 0 aliphatic heterocycles. The van der Waals surface area contributed by atoms with Crippen LogP contribution in [-0.4, -0.2) is 16.3 Å². The quantitative estimate of drug-likeness (QED) is 0.862. The molecule has 0 spiro atoms. The Hall–Kier alpha value is -0.860. The lowest BCUT2D eigenvalue weighted by molar-refractivity contribution is -0.0400. The van der Waals surface area contributed by atoms with Gasteiger partial charge in [0.1, 0.15) is 6.10 Å². The van der Waals surface area contributed by atoms with Gasteiger partial charge < -0.3 is 10.2 Å². The van der Waals surface area contributed by atoms with Crippen molar-refractivity contribution in [2.24, 2.45) is 17.8 Å². The van der Waals surface area contributed by atoms with Gasteiger partial charge in [0, 0.05) is 0 Å². The van der Waals surface area contributed by atoms with E-state index in [1.165, 1.54) is 6.42 Å².